The molecule has 196 valence electrons. The number of rotatable bonds is 5. The van der Waals surface area contributed by atoms with Crippen LogP contribution in [0.15, 0.2) is 59.1 Å². The predicted octanol–water partition coefficient (Wildman–Crippen LogP) is 4.57. The first-order valence-corrected chi connectivity index (χ1v) is 14.0. The number of halogens is 1. The molecule has 2 N–H and O–H groups in total. The van der Waals surface area contributed by atoms with Crippen LogP contribution < -0.4 is 15.5 Å². The second-order valence-electron chi connectivity index (χ2n) is 10.3. The van der Waals surface area contributed by atoms with Crippen LogP contribution in [0.4, 0.5) is 16.2 Å². The van der Waals surface area contributed by atoms with E-state index in [2.05, 4.69) is 31.5 Å². The molecule has 0 radical (unpaired) electrons. The van der Waals surface area contributed by atoms with Crippen LogP contribution in [-0.4, -0.2) is 65.5 Å². The van der Waals surface area contributed by atoms with Gasteiger partial charge < -0.3 is 25.3 Å². The molecule has 0 atom stereocenters. The van der Waals surface area contributed by atoms with Crippen molar-refractivity contribution in [2.45, 2.75) is 56.5 Å². The van der Waals surface area contributed by atoms with Gasteiger partial charge >= 0.3 is 6.03 Å². The van der Waals surface area contributed by atoms with Gasteiger partial charge in [0.25, 0.3) is 5.91 Å². The Morgan fingerprint density at radius 3 is 2.41 bits per heavy atom. The van der Waals surface area contributed by atoms with Crippen molar-refractivity contribution in [3.63, 3.8) is 0 Å². The van der Waals surface area contributed by atoms with Gasteiger partial charge in [0, 0.05) is 35.0 Å². The fraction of sp³-hybridized carbons (Fsp3) is 0.464. The summed E-state index contributed by atoms with van der Waals surface area (Å²) in [4.78, 5) is 45.3. The van der Waals surface area contributed by atoms with E-state index in [1.807, 2.05) is 54.6 Å². The summed E-state index contributed by atoms with van der Waals surface area (Å²) in [6, 6.07) is 17.4. The van der Waals surface area contributed by atoms with Crippen LogP contribution >= 0.6 is 15.9 Å². The molecule has 1 spiro atoms. The highest BCUT2D eigenvalue weighted by Crippen LogP contribution is 2.39. The predicted molar refractivity (Wildman–Crippen MR) is 147 cm³/mol. The molecule has 0 aromatic heterocycles. The second-order valence-corrected chi connectivity index (χ2v) is 11.2. The first-order valence-electron chi connectivity index (χ1n) is 13.2. The van der Waals surface area contributed by atoms with Crippen LogP contribution in [0.2, 0.25) is 0 Å². The molecule has 2 aliphatic heterocycles. The molecule has 0 bridgehead atoms. The summed E-state index contributed by atoms with van der Waals surface area (Å²) in [6.45, 7) is 1.34. The van der Waals surface area contributed by atoms with E-state index >= 15 is 0 Å². The van der Waals surface area contributed by atoms with Gasteiger partial charge in [-0.15, -0.1) is 0 Å². The third-order valence-electron chi connectivity index (χ3n) is 7.84. The monoisotopic (exact) mass is 567 g/mol. The van der Waals surface area contributed by atoms with Gasteiger partial charge in [0.05, 0.1) is 6.67 Å². The van der Waals surface area contributed by atoms with Gasteiger partial charge in [0.2, 0.25) is 5.91 Å². The highest BCUT2D eigenvalue weighted by atomic mass is 79.9. The Kier molecular flexibility index (Phi) is 7.69. The standard InChI is InChI=1S/C28H34BrN5O3/c29-21-8-7-11-23(18-21)31-27(37)32-16-14-28(15-17-32)26(36)33(20-34(28)24-12-5-2-6-13-24)19-25(35)30-22-9-3-1-4-10-22/h2,5-8,11-13,18,22H,1,3-4,9-10,14-17,19-20H2,(H,30,35)(H,31,37). The summed E-state index contributed by atoms with van der Waals surface area (Å²) in [5, 5.41) is 6.10. The van der Waals surface area contributed by atoms with Crippen molar-refractivity contribution < 1.29 is 14.4 Å². The molecular weight excluding hydrogens is 534 g/mol. The summed E-state index contributed by atoms with van der Waals surface area (Å²) >= 11 is 3.43. The smallest absolute Gasteiger partial charge is 0.321 e. The minimum atomic E-state index is -0.765. The Morgan fingerprint density at radius 2 is 1.70 bits per heavy atom. The topological polar surface area (TPSA) is 85.0 Å². The maximum absolute atomic E-state index is 13.9. The number of para-hydroxylation sites is 1. The number of carbonyl (C=O) groups excluding carboxylic acids is 3. The minimum absolute atomic E-state index is 0.0257. The number of amides is 4. The number of carbonyl (C=O) groups is 3. The van der Waals surface area contributed by atoms with E-state index in [-0.39, 0.29) is 30.4 Å². The van der Waals surface area contributed by atoms with Crippen LogP contribution in [0.1, 0.15) is 44.9 Å². The lowest BCUT2D eigenvalue weighted by Gasteiger charge is -2.43. The molecule has 8 nitrogen and oxygen atoms in total. The van der Waals surface area contributed by atoms with Crippen LogP contribution in [0.5, 0.6) is 0 Å². The summed E-state index contributed by atoms with van der Waals surface area (Å²) in [5.74, 6) is -0.113. The number of likely N-dealkylation sites (tertiary alicyclic amines) is 1. The van der Waals surface area contributed by atoms with Crippen LogP contribution in [0.3, 0.4) is 0 Å². The van der Waals surface area contributed by atoms with E-state index in [0.29, 0.717) is 32.6 Å². The van der Waals surface area contributed by atoms with E-state index in [1.54, 1.807) is 9.80 Å². The molecule has 1 aliphatic carbocycles. The first kappa shape index (κ1) is 25.6. The molecule has 2 heterocycles. The molecule has 3 fully saturated rings. The van der Waals surface area contributed by atoms with Crippen LogP contribution in [0.25, 0.3) is 0 Å². The van der Waals surface area contributed by atoms with Gasteiger partial charge in [-0.2, -0.15) is 0 Å². The number of hydrogen-bond donors (Lipinski definition) is 2. The van der Waals surface area contributed by atoms with Gasteiger partial charge in [-0.3, -0.25) is 9.59 Å². The molecule has 5 rings (SSSR count). The number of benzene rings is 2. The number of anilines is 2. The Bertz CT molecular complexity index is 1130. The summed E-state index contributed by atoms with van der Waals surface area (Å²) in [7, 11) is 0. The van der Waals surface area contributed by atoms with Gasteiger partial charge in [0.1, 0.15) is 12.1 Å². The number of hydrogen-bond acceptors (Lipinski definition) is 4. The number of piperidine rings is 1. The summed E-state index contributed by atoms with van der Waals surface area (Å²) in [5.41, 5.74) is 0.912. The van der Waals surface area contributed by atoms with Crippen LogP contribution in [0, 0.1) is 0 Å². The van der Waals surface area contributed by atoms with Gasteiger partial charge in [-0.25, -0.2) is 4.79 Å². The van der Waals surface area contributed by atoms with Gasteiger partial charge in [-0.05, 0) is 56.0 Å². The van der Waals surface area contributed by atoms with Crippen molar-refractivity contribution in [3.05, 3.63) is 59.1 Å². The lowest BCUT2D eigenvalue weighted by atomic mass is 9.85. The van der Waals surface area contributed by atoms with E-state index in [1.165, 1.54) is 6.42 Å². The van der Waals surface area contributed by atoms with Crippen molar-refractivity contribution in [2.24, 2.45) is 0 Å². The highest BCUT2D eigenvalue weighted by Gasteiger charge is 2.54. The largest absolute Gasteiger partial charge is 0.352 e. The van der Waals surface area contributed by atoms with Crippen molar-refractivity contribution in [3.8, 4) is 0 Å². The maximum Gasteiger partial charge on any atom is 0.321 e. The molecule has 0 unspecified atom stereocenters. The molecule has 2 saturated heterocycles. The maximum atomic E-state index is 13.9. The molecule has 3 aliphatic rings. The average Bonchev–Trinajstić information content (AvgIpc) is 3.16. The normalized spacial score (nSPS) is 19.8. The number of urea groups is 1. The number of nitrogens with zero attached hydrogens (tertiary/aromatic N) is 3. The fourth-order valence-electron chi connectivity index (χ4n) is 5.86. The van der Waals surface area contributed by atoms with E-state index in [0.717, 1.165) is 41.5 Å². The van der Waals surface area contributed by atoms with Gasteiger partial charge in [-0.1, -0.05) is 59.5 Å². The highest BCUT2D eigenvalue weighted by molar-refractivity contribution is 9.10. The zero-order valence-electron chi connectivity index (χ0n) is 21.0. The van der Waals surface area contributed by atoms with Crippen molar-refractivity contribution in [2.75, 3.05) is 36.5 Å². The molecule has 2 aromatic rings. The summed E-state index contributed by atoms with van der Waals surface area (Å²) < 4.78 is 0.894. The average molecular weight is 569 g/mol. The number of nitrogens with one attached hydrogen (secondary N) is 2. The Morgan fingerprint density at radius 1 is 0.973 bits per heavy atom. The third-order valence-corrected chi connectivity index (χ3v) is 8.33. The summed E-state index contributed by atoms with van der Waals surface area (Å²) in [6.07, 6.45) is 6.55. The zero-order valence-corrected chi connectivity index (χ0v) is 22.6. The van der Waals surface area contributed by atoms with Crippen molar-refractivity contribution in [1.29, 1.82) is 0 Å². The van der Waals surface area contributed by atoms with E-state index in [9.17, 15) is 14.4 Å². The molecule has 1 saturated carbocycles. The molecule has 4 amide bonds. The van der Waals surface area contributed by atoms with Crippen LogP contribution in [-0.2, 0) is 9.59 Å². The Balaban J connectivity index is 1.28. The first-order chi connectivity index (χ1) is 17.9. The van der Waals surface area contributed by atoms with Crippen molar-refractivity contribution >= 4 is 45.2 Å². The Labute approximate surface area is 226 Å². The zero-order chi connectivity index (χ0) is 25.8. The lowest BCUT2D eigenvalue weighted by Crippen LogP contribution is -2.58. The second kappa shape index (κ2) is 11.1. The molecular formula is C28H34BrN5O3. The molecule has 2 aromatic carbocycles. The quantitative estimate of drug-likeness (QED) is 0.554. The molecule has 9 heteroatoms. The Hall–Kier alpha value is -3.07. The SMILES string of the molecule is O=C(CN1CN(c2ccccc2)C2(CCN(C(=O)Nc3cccc(Br)c3)CC2)C1=O)NC1CCCCC1. The van der Waals surface area contributed by atoms with Gasteiger partial charge in [0.15, 0.2) is 0 Å². The minimum Gasteiger partial charge on any atom is -0.352 e. The lowest BCUT2D eigenvalue weighted by molar-refractivity contribution is -0.137. The van der Waals surface area contributed by atoms with E-state index in [4.69, 9.17) is 0 Å². The third kappa shape index (κ3) is 5.61. The van der Waals surface area contributed by atoms with E-state index < -0.39 is 5.54 Å². The fourth-order valence-corrected chi connectivity index (χ4v) is 6.26. The van der Waals surface area contributed by atoms with Crippen molar-refractivity contribution in [1.82, 2.24) is 15.1 Å². The molecule has 37 heavy (non-hydrogen) atoms.